The number of benzene rings is 3. The van der Waals surface area contributed by atoms with E-state index in [0.717, 1.165) is 11.1 Å². The lowest BCUT2D eigenvalue weighted by atomic mass is 10.1. The van der Waals surface area contributed by atoms with Gasteiger partial charge in [-0.05, 0) is 67.2 Å². The van der Waals surface area contributed by atoms with Crippen molar-refractivity contribution in [2.45, 2.75) is 13.5 Å². The monoisotopic (exact) mass is 528 g/mol. The van der Waals surface area contributed by atoms with Gasteiger partial charge in [0.05, 0.1) is 29.4 Å². The Labute approximate surface area is 219 Å². The van der Waals surface area contributed by atoms with Gasteiger partial charge in [-0.2, -0.15) is 0 Å². The van der Waals surface area contributed by atoms with Crippen molar-refractivity contribution in [3.05, 3.63) is 87.5 Å². The summed E-state index contributed by atoms with van der Waals surface area (Å²) in [4.78, 5) is 14.7. The molecule has 0 bridgehead atoms. The molecule has 35 heavy (non-hydrogen) atoms. The van der Waals surface area contributed by atoms with E-state index in [0.29, 0.717) is 45.3 Å². The Morgan fingerprint density at radius 3 is 2.46 bits per heavy atom. The van der Waals surface area contributed by atoms with Crippen molar-refractivity contribution in [1.82, 2.24) is 5.32 Å². The molecular formula is C26H22Cl2N2O4S. The van der Waals surface area contributed by atoms with Crippen LogP contribution in [0.15, 0.2) is 66.4 Å². The van der Waals surface area contributed by atoms with E-state index < -0.39 is 0 Å². The van der Waals surface area contributed by atoms with E-state index in [1.807, 2.05) is 31.2 Å². The summed E-state index contributed by atoms with van der Waals surface area (Å²) in [7, 11) is 1.58. The minimum atomic E-state index is -0.279. The van der Waals surface area contributed by atoms with Crippen molar-refractivity contribution >= 4 is 58.2 Å². The predicted molar refractivity (Wildman–Crippen MR) is 143 cm³/mol. The van der Waals surface area contributed by atoms with Crippen LogP contribution >= 0.6 is 35.4 Å². The number of hydrogen-bond donors (Lipinski definition) is 1. The molecule has 0 unspecified atom stereocenters. The van der Waals surface area contributed by atoms with Gasteiger partial charge < -0.3 is 19.5 Å². The van der Waals surface area contributed by atoms with Crippen LogP contribution in [0.4, 0.5) is 5.69 Å². The maximum atomic E-state index is 13.2. The van der Waals surface area contributed by atoms with Crippen LogP contribution in [0, 0.1) is 0 Å². The molecule has 0 radical (unpaired) electrons. The topological polar surface area (TPSA) is 60.0 Å². The fraction of sp³-hybridized carbons (Fsp3) is 0.154. The fourth-order valence-electron chi connectivity index (χ4n) is 3.61. The van der Waals surface area contributed by atoms with E-state index in [9.17, 15) is 4.79 Å². The maximum absolute atomic E-state index is 13.2. The second-order valence-corrected chi connectivity index (χ2v) is 8.64. The molecule has 1 aliphatic heterocycles. The quantitative estimate of drug-likeness (QED) is 0.275. The number of ether oxygens (including phenoxy) is 3. The van der Waals surface area contributed by atoms with Crippen LogP contribution in [0.3, 0.4) is 0 Å². The Hall–Kier alpha value is -3.26. The number of carbonyl (C=O) groups is 1. The molecule has 0 atom stereocenters. The van der Waals surface area contributed by atoms with Gasteiger partial charge in [0.2, 0.25) is 0 Å². The summed E-state index contributed by atoms with van der Waals surface area (Å²) in [5.74, 6) is 1.32. The van der Waals surface area contributed by atoms with Crippen molar-refractivity contribution in [3.63, 3.8) is 0 Å². The lowest BCUT2D eigenvalue weighted by molar-refractivity contribution is -0.113. The van der Waals surface area contributed by atoms with E-state index in [2.05, 4.69) is 5.32 Å². The molecular weight excluding hydrogens is 507 g/mol. The third kappa shape index (κ3) is 5.37. The van der Waals surface area contributed by atoms with Gasteiger partial charge in [0.1, 0.15) is 23.8 Å². The van der Waals surface area contributed by atoms with E-state index in [1.165, 1.54) is 4.90 Å². The number of para-hydroxylation sites is 3. The summed E-state index contributed by atoms with van der Waals surface area (Å²) in [5.41, 5.74) is 2.44. The maximum Gasteiger partial charge on any atom is 0.281 e. The Balaban J connectivity index is 1.60. The second-order valence-electron chi connectivity index (χ2n) is 7.44. The van der Waals surface area contributed by atoms with Crippen LogP contribution in [-0.2, 0) is 11.4 Å². The van der Waals surface area contributed by atoms with Gasteiger partial charge in [-0.3, -0.25) is 4.79 Å². The summed E-state index contributed by atoms with van der Waals surface area (Å²) in [5, 5.41) is 4.11. The van der Waals surface area contributed by atoms with Crippen molar-refractivity contribution in [2.75, 3.05) is 18.6 Å². The van der Waals surface area contributed by atoms with Crippen molar-refractivity contribution in [2.24, 2.45) is 0 Å². The van der Waals surface area contributed by atoms with Crippen molar-refractivity contribution < 1.29 is 19.0 Å². The molecule has 3 aromatic rings. The smallest absolute Gasteiger partial charge is 0.281 e. The summed E-state index contributed by atoms with van der Waals surface area (Å²) in [6.45, 7) is 2.52. The molecule has 0 aliphatic carbocycles. The van der Waals surface area contributed by atoms with Crippen LogP contribution in [0.5, 0.6) is 17.2 Å². The number of hydrogen-bond acceptors (Lipinski definition) is 5. The number of halogens is 2. The largest absolute Gasteiger partial charge is 0.496 e. The minimum absolute atomic E-state index is 0.164. The highest BCUT2D eigenvalue weighted by Gasteiger charge is 2.33. The van der Waals surface area contributed by atoms with E-state index in [1.54, 1.807) is 49.6 Å². The molecule has 0 spiro atoms. The molecule has 1 aliphatic rings. The first-order chi connectivity index (χ1) is 16.9. The van der Waals surface area contributed by atoms with Crippen LogP contribution in [0.1, 0.15) is 18.1 Å². The lowest BCUT2D eigenvalue weighted by Crippen LogP contribution is -2.30. The molecule has 180 valence electrons. The molecule has 0 saturated carbocycles. The number of amides is 1. The van der Waals surface area contributed by atoms with Gasteiger partial charge in [-0.1, -0.05) is 47.5 Å². The number of nitrogens with one attached hydrogen (secondary N) is 1. The minimum Gasteiger partial charge on any atom is -0.496 e. The first-order valence-electron chi connectivity index (χ1n) is 10.8. The van der Waals surface area contributed by atoms with Gasteiger partial charge in [0.15, 0.2) is 10.9 Å². The van der Waals surface area contributed by atoms with Crippen LogP contribution in [-0.4, -0.2) is 24.7 Å². The number of methoxy groups -OCH3 is 1. The molecule has 1 saturated heterocycles. The first kappa shape index (κ1) is 24.9. The van der Waals surface area contributed by atoms with Gasteiger partial charge in [-0.15, -0.1) is 0 Å². The molecule has 0 aromatic heterocycles. The number of anilines is 1. The molecule has 1 heterocycles. The highest BCUT2D eigenvalue weighted by molar-refractivity contribution is 7.80. The Morgan fingerprint density at radius 1 is 1.00 bits per heavy atom. The molecule has 3 aromatic carbocycles. The zero-order chi connectivity index (χ0) is 24.9. The lowest BCUT2D eigenvalue weighted by Gasteiger charge is -2.18. The normalized spacial score (nSPS) is 14.3. The Bertz CT molecular complexity index is 1290. The zero-order valence-electron chi connectivity index (χ0n) is 19.0. The molecule has 1 N–H and O–H groups in total. The van der Waals surface area contributed by atoms with Crippen molar-refractivity contribution in [1.29, 1.82) is 0 Å². The fourth-order valence-corrected chi connectivity index (χ4v) is 4.41. The van der Waals surface area contributed by atoms with Gasteiger partial charge in [0, 0.05) is 5.56 Å². The predicted octanol–water partition coefficient (Wildman–Crippen LogP) is 6.24. The SMILES string of the molecule is CCOc1ccccc1N1C(=O)/C(=C\c2ccc(OC)c(COc3c(Cl)cccc3Cl)c2)NC1=S. The van der Waals surface area contributed by atoms with Gasteiger partial charge in [0.25, 0.3) is 5.91 Å². The zero-order valence-corrected chi connectivity index (χ0v) is 21.3. The standard InChI is InChI=1S/C26H22Cl2N2O4S/c1-3-33-23-10-5-4-9-21(23)30-25(31)20(29-26(30)35)14-16-11-12-22(32-2)17(13-16)15-34-24-18(27)7-6-8-19(24)28/h4-14H,3,15H2,1-2H3,(H,29,35)/b20-14+. The number of nitrogens with zero attached hydrogens (tertiary/aromatic N) is 1. The summed E-state index contributed by atoms with van der Waals surface area (Å²) >= 11 is 17.9. The highest BCUT2D eigenvalue weighted by atomic mass is 35.5. The Morgan fingerprint density at radius 2 is 1.74 bits per heavy atom. The van der Waals surface area contributed by atoms with Crippen molar-refractivity contribution in [3.8, 4) is 17.2 Å². The first-order valence-corrected chi connectivity index (χ1v) is 11.9. The second kappa shape index (κ2) is 11.0. The Kier molecular flexibility index (Phi) is 7.80. The molecule has 1 fully saturated rings. The number of rotatable bonds is 8. The van der Waals surface area contributed by atoms with Crippen LogP contribution in [0.25, 0.3) is 6.08 Å². The van der Waals surface area contributed by atoms with Crippen LogP contribution in [0.2, 0.25) is 10.0 Å². The average Bonchev–Trinajstić information content (AvgIpc) is 3.12. The van der Waals surface area contributed by atoms with E-state index in [-0.39, 0.29) is 17.6 Å². The third-order valence-corrected chi connectivity index (χ3v) is 6.07. The molecule has 1 amide bonds. The van der Waals surface area contributed by atoms with E-state index >= 15 is 0 Å². The summed E-state index contributed by atoms with van der Waals surface area (Å²) < 4.78 is 17.0. The molecule has 9 heteroatoms. The molecule has 4 rings (SSSR count). The van der Waals surface area contributed by atoms with E-state index in [4.69, 9.17) is 49.6 Å². The van der Waals surface area contributed by atoms with Crippen LogP contribution < -0.4 is 24.4 Å². The summed E-state index contributed by atoms with van der Waals surface area (Å²) in [6, 6.07) is 17.9. The van der Waals surface area contributed by atoms with Gasteiger partial charge in [-0.25, -0.2) is 4.90 Å². The van der Waals surface area contributed by atoms with Gasteiger partial charge >= 0.3 is 0 Å². The third-order valence-electron chi connectivity index (χ3n) is 5.19. The summed E-state index contributed by atoms with van der Waals surface area (Å²) in [6.07, 6.45) is 1.73. The average molecular weight is 529 g/mol. The number of thiocarbonyl (C=S) groups is 1. The number of carbonyl (C=O) groups excluding carboxylic acids is 1. The highest BCUT2D eigenvalue weighted by Crippen LogP contribution is 2.34. The molecule has 6 nitrogen and oxygen atoms in total.